The van der Waals surface area contributed by atoms with Crippen LogP contribution in [0, 0.1) is 0 Å². The Kier molecular flexibility index (Phi) is 3.73. The van der Waals surface area contributed by atoms with Gasteiger partial charge in [0.25, 0.3) is 5.91 Å². The second kappa shape index (κ2) is 5.56. The molecule has 0 saturated carbocycles. The van der Waals surface area contributed by atoms with Crippen molar-refractivity contribution in [1.29, 1.82) is 0 Å². The molecule has 0 radical (unpaired) electrons. The molecule has 0 N–H and O–H groups in total. The van der Waals surface area contributed by atoms with E-state index in [0.717, 1.165) is 11.5 Å². The molecule has 1 amide bonds. The van der Waals surface area contributed by atoms with Gasteiger partial charge >= 0.3 is 6.36 Å². The molecule has 0 bridgehead atoms. The average molecular weight is 329 g/mol. The van der Waals surface area contributed by atoms with Crippen molar-refractivity contribution in [2.24, 2.45) is 0 Å². The lowest BCUT2D eigenvalue weighted by atomic mass is 10.0. The molecule has 1 aromatic heterocycles. The molecule has 116 valence electrons. The number of carbonyl (C=O) groups excluding carboxylic acids is 1. The molecule has 0 spiro atoms. The van der Waals surface area contributed by atoms with E-state index >= 15 is 0 Å². The quantitative estimate of drug-likeness (QED) is 0.850. The van der Waals surface area contributed by atoms with Crippen LogP contribution < -0.4 is 9.64 Å². The number of rotatable bonds is 2. The zero-order chi connectivity index (χ0) is 15.7. The fourth-order valence-corrected chi connectivity index (χ4v) is 2.84. The van der Waals surface area contributed by atoms with Crippen LogP contribution in [0.25, 0.3) is 0 Å². The van der Waals surface area contributed by atoms with E-state index in [1.165, 1.54) is 29.3 Å². The summed E-state index contributed by atoms with van der Waals surface area (Å²) in [5.41, 5.74) is 1.25. The Bertz CT molecular complexity index is 688. The summed E-state index contributed by atoms with van der Waals surface area (Å²) in [5.74, 6) is -0.527. The number of fused-ring (bicyclic) bond motifs is 1. The lowest BCUT2D eigenvalue weighted by Crippen LogP contribution is -2.35. The SMILES string of the molecule is O=C(c1cnns1)N1CCCc2cc(OC(F)(F)F)ccc21. The first-order chi connectivity index (χ1) is 10.4. The Hall–Kier alpha value is -2.16. The molecule has 5 nitrogen and oxygen atoms in total. The number of alkyl halides is 3. The van der Waals surface area contributed by atoms with Crippen LogP contribution in [0.4, 0.5) is 18.9 Å². The Labute approximate surface area is 127 Å². The van der Waals surface area contributed by atoms with Gasteiger partial charge in [0.05, 0.1) is 6.20 Å². The second-order valence-electron chi connectivity index (χ2n) is 4.68. The minimum absolute atomic E-state index is 0.250. The smallest absolute Gasteiger partial charge is 0.406 e. The van der Waals surface area contributed by atoms with Crippen molar-refractivity contribution in [3.8, 4) is 5.75 Å². The van der Waals surface area contributed by atoms with Crippen LogP contribution in [0.1, 0.15) is 21.7 Å². The minimum Gasteiger partial charge on any atom is -0.406 e. The van der Waals surface area contributed by atoms with Crippen molar-refractivity contribution in [1.82, 2.24) is 9.59 Å². The van der Waals surface area contributed by atoms with E-state index in [-0.39, 0.29) is 11.7 Å². The minimum atomic E-state index is -4.73. The summed E-state index contributed by atoms with van der Waals surface area (Å²) in [6, 6.07) is 4.01. The van der Waals surface area contributed by atoms with Crippen molar-refractivity contribution in [2.75, 3.05) is 11.4 Å². The van der Waals surface area contributed by atoms with Gasteiger partial charge < -0.3 is 9.64 Å². The van der Waals surface area contributed by atoms with Gasteiger partial charge in [-0.2, -0.15) is 0 Å². The largest absolute Gasteiger partial charge is 0.573 e. The molecule has 0 atom stereocenters. The summed E-state index contributed by atoms with van der Waals surface area (Å²) < 4.78 is 44.4. The third-order valence-electron chi connectivity index (χ3n) is 3.22. The van der Waals surface area contributed by atoms with Gasteiger partial charge in [0.1, 0.15) is 10.6 Å². The summed E-state index contributed by atoms with van der Waals surface area (Å²) in [4.78, 5) is 14.3. The first-order valence-electron chi connectivity index (χ1n) is 6.42. The highest BCUT2D eigenvalue weighted by molar-refractivity contribution is 7.07. The number of hydrogen-bond donors (Lipinski definition) is 0. The van der Waals surface area contributed by atoms with Crippen molar-refractivity contribution in [3.05, 3.63) is 34.8 Å². The average Bonchev–Trinajstić information content (AvgIpc) is 2.98. The molecule has 3 rings (SSSR count). The van der Waals surface area contributed by atoms with E-state index in [4.69, 9.17) is 0 Å². The van der Waals surface area contributed by atoms with Gasteiger partial charge in [0.2, 0.25) is 0 Å². The van der Waals surface area contributed by atoms with Gasteiger partial charge in [-0.15, -0.1) is 18.3 Å². The number of halogens is 3. The molecule has 2 heterocycles. The van der Waals surface area contributed by atoms with E-state index in [1.807, 2.05) is 0 Å². The van der Waals surface area contributed by atoms with Crippen LogP contribution in [0.3, 0.4) is 0 Å². The van der Waals surface area contributed by atoms with E-state index < -0.39 is 6.36 Å². The van der Waals surface area contributed by atoms with Crippen LogP contribution in [0.2, 0.25) is 0 Å². The number of aromatic nitrogens is 2. The number of carbonyl (C=O) groups is 1. The number of amides is 1. The van der Waals surface area contributed by atoms with Crippen molar-refractivity contribution in [2.45, 2.75) is 19.2 Å². The molecule has 0 saturated heterocycles. The Morgan fingerprint density at radius 1 is 1.36 bits per heavy atom. The molecule has 9 heteroatoms. The summed E-state index contributed by atoms with van der Waals surface area (Å²) >= 11 is 0.985. The first-order valence-corrected chi connectivity index (χ1v) is 7.19. The molecule has 22 heavy (non-hydrogen) atoms. The molecule has 1 aromatic carbocycles. The molecule has 1 aliphatic rings. The zero-order valence-electron chi connectivity index (χ0n) is 11.1. The number of anilines is 1. The second-order valence-corrected chi connectivity index (χ2v) is 5.47. The standard InChI is InChI=1S/C13H10F3N3O2S/c14-13(15,16)21-9-3-4-10-8(6-9)2-1-5-19(10)12(20)11-7-17-18-22-11/h3-4,6-7H,1-2,5H2. The number of nitrogens with zero attached hydrogens (tertiary/aromatic N) is 3. The normalized spacial score (nSPS) is 14.6. The molecular weight excluding hydrogens is 319 g/mol. The van der Waals surface area contributed by atoms with E-state index in [1.54, 1.807) is 0 Å². The van der Waals surface area contributed by atoms with Gasteiger partial charge in [-0.1, -0.05) is 4.49 Å². The molecule has 1 aliphatic heterocycles. The Morgan fingerprint density at radius 2 is 2.18 bits per heavy atom. The van der Waals surface area contributed by atoms with E-state index in [9.17, 15) is 18.0 Å². The number of benzene rings is 1. The monoisotopic (exact) mass is 329 g/mol. The fourth-order valence-electron chi connectivity index (χ4n) is 2.38. The lowest BCUT2D eigenvalue weighted by Gasteiger charge is -2.29. The maximum atomic E-state index is 12.4. The highest BCUT2D eigenvalue weighted by Crippen LogP contribution is 2.33. The van der Waals surface area contributed by atoms with E-state index in [0.29, 0.717) is 35.5 Å². The van der Waals surface area contributed by atoms with Gasteiger partial charge in [-0.05, 0) is 48.1 Å². The fraction of sp³-hybridized carbons (Fsp3) is 0.308. The zero-order valence-corrected chi connectivity index (χ0v) is 11.9. The van der Waals surface area contributed by atoms with Crippen molar-refractivity contribution < 1.29 is 22.7 Å². The maximum absolute atomic E-state index is 12.4. The predicted molar refractivity (Wildman–Crippen MR) is 73.0 cm³/mol. The maximum Gasteiger partial charge on any atom is 0.573 e. The topological polar surface area (TPSA) is 55.3 Å². The van der Waals surface area contributed by atoms with Crippen LogP contribution in [0.5, 0.6) is 5.75 Å². The lowest BCUT2D eigenvalue weighted by molar-refractivity contribution is -0.274. The molecule has 2 aromatic rings. The molecular formula is C13H10F3N3O2S. The van der Waals surface area contributed by atoms with Crippen molar-refractivity contribution in [3.63, 3.8) is 0 Å². The summed E-state index contributed by atoms with van der Waals surface area (Å²) in [6.45, 7) is 0.503. The highest BCUT2D eigenvalue weighted by Gasteiger charge is 2.32. The van der Waals surface area contributed by atoms with Crippen LogP contribution in [0.15, 0.2) is 24.4 Å². The third-order valence-corrected chi connectivity index (χ3v) is 3.87. The van der Waals surface area contributed by atoms with Crippen molar-refractivity contribution >= 4 is 23.1 Å². The Morgan fingerprint density at radius 3 is 2.86 bits per heavy atom. The van der Waals surface area contributed by atoms with Crippen LogP contribution >= 0.6 is 11.5 Å². The van der Waals surface area contributed by atoms with Gasteiger partial charge in [0.15, 0.2) is 0 Å². The third kappa shape index (κ3) is 3.03. The summed E-state index contributed by atoms with van der Waals surface area (Å²) in [7, 11) is 0. The number of hydrogen-bond acceptors (Lipinski definition) is 5. The summed E-state index contributed by atoms with van der Waals surface area (Å²) in [6.07, 6.45) is -2.09. The highest BCUT2D eigenvalue weighted by atomic mass is 32.1. The van der Waals surface area contributed by atoms with Gasteiger partial charge in [-0.25, -0.2) is 0 Å². The molecule has 0 fully saturated rings. The molecule has 0 unspecified atom stereocenters. The van der Waals surface area contributed by atoms with Crippen LogP contribution in [-0.4, -0.2) is 28.4 Å². The summed E-state index contributed by atoms with van der Waals surface area (Å²) in [5, 5.41) is 3.62. The van der Waals surface area contributed by atoms with Gasteiger partial charge in [-0.3, -0.25) is 4.79 Å². The van der Waals surface area contributed by atoms with Crippen LogP contribution in [-0.2, 0) is 6.42 Å². The van der Waals surface area contributed by atoms with E-state index in [2.05, 4.69) is 14.3 Å². The molecule has 0 aliphatic carbocycles. The number of aryl methyl sites for hydroxylation is 1. The first kappa shape index (κ1) is 14.8. The predicted octanol–water partition coefficient (Wildman–Crippen LogP) is 3.03. The van der Waals surface area contributed by atoms with Gasteiger partial charge in [0, 0.05) is 12.2 Å². The Balaban J connectivity index is 1.89. The number of ether oxygens (including phenoxy) is 1.